The molecule has 0 saturated carbocycles. The van der Waals surface area contributed by atoms with E-state index in [1.165, 1.54) is 0 Å². The van der Waals surface area contributed by atoms with Gasteiger partial charge in [0.15, 0.2) is 0 Å². The Morgan fingerprint density at radius 3 is 1.91 bits per heavy atom. The number of ether oxygens (including phenoxy) is 5. The first-order valence-corrected chi connectivity index (χ1v) is 7.71. The summed E-state index contributed by atoms with van der Waals surface area (Å²) in [6.45, 7) is 9.81. The van der Waals surface area contributed by atoms with Gasteiger partial charge in [-0.05, 0) is 20.8 Å². The van der Waals surface area contributed by atoms with E-state index >= 15 is 0 Å². The molecule has 0 aromatic heterocycles. The van der Waals surface area contributed by atoms with Gasteiger partial charge in [-0.1, -0.05) is 0 Å². The van der Waals surface area contributed by atoms with Crippen molar-refractivity contribution >= 4 is 0 Å². The molecule has 0 aliphatic carbocycles. The van der Waals surface area contributed by atoms with Crippen molar-refractivity contribution < 1.29 is 33.9 Å². The second-order valence-electron chi connectivity index (χ2n) is 4.53. The van der Waals surface area contributed by atoms with Crippen LogP contribution in [0.1, 0.15) is 20.8 Å². The molecule has 0 radical (unpaired) electrons. The fourth-order valence-corrected chi connectivity index (χ4v) is 1.21. The predicted octanol–water partition coefficient (Wildman–Crippen LogP) is 0.467. The lowest BCUT2D eigenvalue weighted by Crippen LogP contribution is -2.22. The van der Waals surface area contributed by atoms with Gasteiger partial charge in [0.1, 0.15) is 0 Å². The quantitative estimate of drug-likeness (QED) is 0.449. The van der Waals surface area contributed by atoms with Crippen molar-refractivity contribution in [1.82, 2.24) is 0 Å². The van der Waals surface area contributed by atoms with Gasteiger partial charge in [0, 0.05) is 13.7 Å². The second kappa shape index (κ2) is 20.7. The summed E-state index contributed by atoms with van der Waals surface area (Å²) in [6, 6.07) is 0. The highest BCUT2D eigenvalue weighted by Gasteiger charge is 2.04. The molecule has 22 heavy (non-hydrogen) atoms. The molecule has 0 aromatic rings. The van der Waals surface area contributed by atoms with E-state index in [4.69, 9.17) is 33.9 Å². The summed E-state index contributed by atoms with van der Waals surface area (Å²) in [5.74, 6) is 0. The Morgan fingerprint density at radius 2 is 1.41 bits per heavy atom. The number of aliphatic hydroxyl groups excluding tert-OH is 2. The molecule has 0 amide bonds. The monoisotopic (exact) mass is 326 g/mol. The van der Waals surface area contributed by atoms with Crippen molar-refractivity contribution in [3.63, 3.8) is 0 Å². The minimum absolute atomic E-state index is 0.0675. The van der Waals surface area contributed by atoms with E-state index in [0.717, 1.165) is 0 Å². The first-order chi connectivity index (χ1) is 10.6. The van der Waals surface area contributed by atoms with Crippen molar-refractivity contribution in [2.75, 3.05) is 66.6 Å². The summed E-state index contributed by atoms with van der Waals surface area (Å²) >= 11 is 0. The molecule has 0 spiro atoms. The first-order valence-electron chi connectivity index (χ1n) is 7.71. The molecule has 0 bridgehead atoms. The van der Waals surface area contributed by atoms with Crippen molar-refractivity contribution in [2.24, 2.45) is 0 Å². The topological polar surface area (TPSA) is 86.6 Å². The van der Waals surface area contributed by atoms with Crippen LogP contribution in [0.5, 0.6) is 0 Å². The predicted molar refractivity (Wildman–Crippen MR) is 84.2 cm³/mol. The maximum Gasteiger partial charge on any atom is 0.0780 e. The van der Waals surface area contributed by atoms with Crippen LogP contribution in [0.3, 0.4) is 0 Å². The molecule has 7 nitrogen and oxygen atoms in total. The van der Waals surface area contributed by atoms with E-state index < -0.39 is 0 Å². The average Bonchev–Trinajstić information content (AvgIpc) is 2.52. The molecule has 0 heterocycles. The van der Waals surface area contributed by atoms with E-state index in [1.807, 2.05) is 20.8 Å². The molecule has 2 unspecified atom stereocenters. The number of aliphatic hydroxyl groups is 2. The van der Waals surface area contributed by atoms with E-state index in [0.29, 0.717) is 46.2 Å². The highest BCUT2D eigenvalue weighted by Crippen LogP contribution is 1.95. The molecule has 0 aliphatic rings. The minimum Gasteiger partial charge on any atom is -0.394 e. The summed E-state index contributed by atoms with van der Waals surface area (Å²) < 4.78 is 25.3. The van der Waals surface area contributed by atoms with Crippen LogP contribution in [-0.4, -0.2) is 89.0 Å². The number of methoxy groups -OCH3 is 1. The van der Waals surface area contributed by atoms with Gasteiger partial charge in [-0.25, -0.2) is 0 Å². The molecule has 0 aliphatic heterocycles. The van der Waals surface area contributed by atoms with Crippen molar-refractivity contribution in [1.29, 1.82) is 0 Å². The van der Waals surface area contributed by atoms with Crippen LogP contribution < -0.4 is 0 Å². The maximum absolute atomic E-state index is 8.61. The Morgan fingerprint density at radius 1 is 0.818 bits per heavy atom. The highest BCUT2D eigenvalue weighted by molar-refractivity contribution is 4.50. The molecule has 136 valence electrons. The third-order valence-corrected chi connectivity index (χ3v) is 2.36. The largest absolute Gasteiger partial charge is 0.394 e. The number of hydrogen-bond acceptors (Lipinski definition) is 7. The smallest absolute Gasteiger partial charge is 0.0780 e. The van der Waals surface area contributed by atoms with Crippen molar-refractivity contribution in [3.05, 3.63) is 0 Å². The Labute approximate surface area is 134 Å². The molecule has 0 fully saturated rings. The molecule has 7 heteroatoms. The summed E-state index contributed by atoms with van der Waals surface area (Å²) in [4.78, 5) is 0. The summed E-state index contributed by atoms with van der Waals surface area (Å²) in [5.41, 5.74) is 0. The van der Waals surface area contributed by atoms with E-state index in [2.05, 4.69) is 0 Å². The van der Waals surface area contributed by atoms with Gasteiger partial charge in [-0.15, -0.1) is 0 Å². The fraction of sp³-hybridized carbons (Fsp3) is 1.00. The van der Waals surface area contributed by atoms with Crippen LogP contribution in [0.2, 0.25) is 0 Å². The lowest BCUT2D eigenvalue weighted by atomic mass is 10.4. The Kier molecular flexibility index (Phi) is 22.6. The molecule has 2 atom stereocenters. The van der Waals surface area contributed by atoms with Crippen LogP contribution in [0.15, 0.2) is 0 Å². The van der Waals surface area contributed by atoms with Crippen LogP contribution in [0.25, 0.3) is 0 Å². The van der Waals surface area contributed by atoms with Crippen LogP contribution in [-0.2, 0) is 23.7 Å². The summed E-state index contributed by atoms with van der Waals surface area (Å²) in [6.07, 6.45) is 0.0342. The lowest BCUT2D eigenvalue weighted by Gasteiger charge is -2.14. The second-order valence-corrected chi connectivity index (χ2v) is 4.53. The third kappa shape index (κ3) is 22.0. The standard InChI is InChI=1S/C8H18O3.C7H16O4/c1-4-10-8(3)6-11-7(2)5-9;1-9-4-5-11-7-6-10-3-2-8/h7-9H,4-6H2,1-3H3;8H,2-7H2,1H3. The van der Waals surface area contributed by atoms with Crippen LogP contribution >= 0.6 is 0 Å². The van der Waals surface area contributed by atoms with Gasteiger partial charge in [-0.3, -0.25) is 0 Å². The molecular weight excluding hydrogens is 292 g/mol. The Balaban J connectivity index is 0. The van der Waals surface area contributed by atoms with Gasteiger partial charge < -0.3 is 33.9 Å². The van der Waals surface area contributed by atoms with E-state index in [1.54, 1.807) is 7.11 Å². The van der Waals surface area contributed by atoms with Gasteiger partial charge >= 0.3 is 0 Å². The SMILES string of the molecule is CCOC(C)COC(C)CO.COCCOCCOCCO. The highest BCUT2D eigenvalue weighted by atomic mass is 16.5. The Bertz CT molecular complexity index is 185. The summed E-state index contributed by atoms with van der Waals surface area (Å²) in [5, 5.41) is 16.9. The van der Waals surface area contributed by atoms with Gasteiger partial charge in [-0.2, -0.15) is 0 Å². The minimum atomic E-state index is -0.0853. The summed E-state index contributed by atoms with van der Waals surface area (Å²) in [7, 11) is 1.63. The Hall–Kier alpha value is -0.280. The van der Waals surface area contributed by atoms with Crippen molar-refractivity contribution in [3.8, 4) is 0 Å². The zero-order valence-corrected chi connectivity index (χ0v) is 14.5. The molecule has 0 aromatic carbocycles. The van der Waals surface area contributed by atoms with Crippen molar-refractivity contribution in [2.45, 2.75) is 33.0 Å². The van der Waals surface area contributed by atoms with E-state index in [-0.39, 0.29) is 25.4 Å². The van der Waals surface area contributed by atoms with Gasteiger partial charge in [0.25, 0.3) is 0 Å². The molecule has 0 rings (SSSR count). The first kappa shape index (κ1) is 24.0. The third-order valence-electron chi connectivity index (χ3n) is 2.36. The number of hydrogen-bond donors (Lipinski definition) is 2. The lowest BCUT2D eigenvalue weighted by molar-refractivity contribution is -0.0424. The average molecular weight is 326 g/mol. The van der Waals surface area contributed by atoms with Crippen LogP contribution in [0, 0.1) is 0 Å². The zero-order chi connectivity index (χ0) is 17.1. The molecule has 2 N–H and O–H groups in total. The molecule has 0 saturated heterocycles. The van der Waals surface area contributed by atoms with Gasteiger partial charge in [0.2, 0.25) is 0 Å². The fourth-order valence-electron chi connectivity index (χ4n) is 1.21. The van der Waals surface area contributed by atoms with E-state index in [9.17, 15) is 0 Å². The number of rotatable bonds is 14. The molecular formula is C15H34O7. The zero-order valence-electron chi connectivity index (χ0n) is 14.5. The maximum atomic E-state index is 8.61. The van der Waals surface area contributed by atoms with Crippen LogP contribution in [0.4, 0.5) is 0 Å². The van der Waals surface area contributed by atoms with Gasteiger partial charge in [0.05, 0.1) is 65.1 Å². The normalized spacial score (nSPS) is 13.4.